The molecule has 27 heavy (non-hydrogen) atoms. The second kappa shape index (κ2) is 7.91. The van der Waals surface area contributed by atoms with E-state index >= 15 is 0 Å². The topological polar surface area (TPSA) is 56.8 Å². The van der Waals surface area contributed by atoms with Crippen LogP contribution in [0.15, 0.2) is 48.5 Å². The molecule has 5 nitrogen and oxygen atoms in total. The lowest BCUT2D eigenvalue weighted by atomic mass is 9.89. The zero-order valence-corrected chi connectivity index (χ0v) is 16.3. The molecule has 1 amide bonds. The third-order valence-corrected chi connectivity index (χ3v) is 4.68. The van der Waals surface area contributed by atoms with Gasteiger partial charge in [0, 0.05) is 18.1 Å². The van der Waals surface area contributed by atoms with Crippen LogP contribution in [0.1, 0.15) is 45.2 Å². The largest absolute Gasteiger partial charge is 0.497 e. The summed E-state index contributed by atoms with van der Waals surface area (Å²) in [5.74, 6) is 2.01. The Hall–Kier alpha value is -2.69. The summed E-state index contributed by atoms with van der Waals surface area (Å²) in [6, 6.07) is 15.0. The lowest BCUT2D eigenvalue weighted by Crippen LogP contribution is -2.45. The van der Waals surface area contributed by atoms with E-state index in [4.69, 9.17) is 14.2 Å². The minimum absolute atomic E-state index is 0.111. The van der Waals surface area contributed by atoms with Gasteiger partial charge in [0.1, 0.15) is 22.8 Å². The molecule has 0 fully saturated rings. The summed E-state index contributed by atoms with van der Waals surface area (Å²) >= 11 is 0. The van der Waals surface area contributed by atoms with Crippen molar-refractivity contribution < 1.29 is 19.0 Å². The molecule has 2 aromatic rings. The van der Waals surface area contributed by atoms with Gasteiger partial charge >= 0.3 is 0 Å². The molecule has 0 saturated carbocycles. The first kappa shape index (κ1) is 19.1. The predicted octanol–water partition coefficient (Wildman–Crippen LogP) is 4.27. The lowest BCUT2D eigenvalue weighted by molar-refractivity contribution is -0.129. The summed E-state index contributed by atoms with van der Waals surface area (Å²) in [7, 11) is 1.60. The molecular weight excluding hydrogens is 342 g/mol. The van der Waals surface area contributed by atoms with Gasteiger partial charge in [0.15, 0.2) is 6.10 Å². The summed E-state index contributed by atoms with van der Waals surface area (Å²) in [5, 5.41) is 3.16. The smallest absolute Gasteiger partial charge is 0.261 e. The van der Waals surface area contributed by atoms with Crippen molar-refractivity contribution in [1.29, 1.82) is 0 Å². The molecule has 1 aliphatic heterocycles. The van der Waals surface area contributed by atoms with Crippen molar-refractivity contribution in [3.05, 3.63) is 54.1 Å². The summed E-state index contributed by atoms with van der Waals surface area (Å²) in [5.41, 5.74) is 0.656. The van der Waals surface area contributed by atoms with Crippen LogP contribution < -0.4 is 19.5 Å². The van der Waals surface area contributed by atoms with E-state index in [-0.39, 0.29) is 17.6 Å². The van der Waals surface area contributed by atoms with Gasteiger partial charge in [0.2, 0.25) is 0 Å². The number of benzene rings is 2. The second-order valence-electron chi connectivity index (χ2n) is 7.36. The van der Waals surface area contributed by atoms with E-state index in [9.17, 15) is 4.79 Å². The third kappa shape index (κ3) is 4.54. The molecule has 2 atom stereocenters. The number of rotatable bonds is 6. The van der Waals surface area contributed by atoms with Crippen LogP contribution >= 0.6 is 0 Å². The monoisotopic (exact) mass is 369 g/mol. The van der Waals surface area contributed by atoms with Gasteiger partial charge in [-0.3, -0.25) is 4.79 Å². The number of carbonyl (C=O) groups excluding carboxylic acids is 1. The van der Waals surface area contributed by atoms with Gasteiger partial charge in [-0.15, -0.1) is 0 Å². The Bertz CT molecular complexity index is 802. The third-order valence-electron chi connectivity index (χ3n) is 4.68. The van der Waals surface area contributed by atoms with Crippen LogP contribution in [0.4, 0.5) is 0 Å². The summed E-state index contributed by atoms with van der Waals surface area (Å²) in [6.45, 7) is 6.00. The molecular formula is C22H27NO4. The fraction of sp³-hybridized carbons (Fsp3) is 0.409. The molecule has 2 aromatic carbocycles. The van der Waals surface area contributed by atoms with Gasteiger partial charge in [-0.1, -0.05) is 31.2 Å². The molecule has 0 bridgehead atoms. The number of ether oxygens (including phenoxy) is 3. The second-order valence-corrected chi connectivity index (χ2v) is 7.36. The molecule has 0 unspecified atom stereocenters. The van der Waals surface area contributed by atoms with Gasteiger partial charge in [-0.2, -0.15) is 0 Å². The normalized spacial score (nSPS) is 18.6. The van der Waals surface area contributed by atoms with Crippen LogP contribution in [0.3, 0.4) is 0 Å². The van der Waals surface area contributed by atoms with E-state index in [1.165, 1.54) is 0 Å². The average Bonchev–Trinajstić information content (AvgIpc) is 2.65. The van der Waals surface area contributed by atoms with E-state index in [2.05, 4.69) is 5.32 Å². The van der Waals surface area contributed by atoms with Crippen molar-refractivity contribution in [3.63, 3.8) is 0 Å². The Morgan fingerprint density at radius 3 is 2.70 bits per heavy atom. The van der Waals surface area contributed by atoms with Crippen molar-refractivity contribution in [3.8, 4) is 17.2 Å². The first-order chi connectivity index (χ1) is 12.9. The van der Waals surface area contributed by atoms with Gasteiger partial charge in [0.25, 0.3) is 5.91 Å². The summed E-state index contributed by atoms with van der Waals surface area (Å²) in [4.78, 5) is 12.9. The molecule has 0 aromatic heterocycles. The molecule has 0 saturated heterocycles. The van der Waals surface area contributed by atoms with Gasteiger partial charge in [0.05, 0.1) is 13.2 Å². The molecule has 1 heterocycles. The zero-order valence-electron chi connectivity index (χ0n) is 16.3. The highest BCUT2D eigenvalue weighted by molar-refractivity contribution is 5.81. The Kier molecular flexibility index (Phi) is 5.59. The molecule has 1 aliphatic rings. The fourth-order valence-electron chi connectivity index (χ4n) is 3.36. The minimum Gasteiger partial charge on any atom is -0.497 e. The maximum Gasteiger partial charge on any atom is 0.261 e. The summed E-state index contributed by atoms with van der Waals surface area (Å²) in [6.07, 6.45) is 0.693. The van der Waals surface area contributed by atoms with Crippen LogP contribution in [-0.2, 0) is 4.79 Å². The van der Waals surface area contributed by atoms with E-state index in [1.54, 1.807) is 13.2 Å². The fourth-order valence-corrected chi connectivity index (χ4v) is 3.36. The highest BCUT2D eigenvalue weighted by Crippen LogP contribution is 2.39. The highest BCUT2D eigenvalue weighted by atomic mass is 16.5. The number of methoxy groups -OCH3 is 1. The van der Waals surface area contributed by atoms with E-state index in [0.717, 1.165) is 11.3 Å². The van der Waals surface area contributed by atoms with Gasteiger partial charge < -0.3 is 19.5 Å². The standard InChI is InChI=1S/C22H27NO4/c1-5-19(26-16-10-8-9-15(13-16)25-4)21(24)23-18-14-22(2,3)27-20-12-7-6-11-17(18)20/h6-13,18-19H,5,14H2,1-4H3,(H,23,24)/t18-,19+/m0/s1. The van der Waals surface area contributed by atoms with Crippen LogP contribution in [-0.4, -0.2) is 24.7 Å². The van der Waals surface area contributed by atoms with Crippen LogP contribution in [0, 0.1) is 0 Å². The molecule has 0 aliphatic carbocycles. The van der Waals surface area contributed by atoms with Crippen molar-refractivity contribution >= 4 is 5.91 Å². The average molecular weight is 369 g/mol. The number of hydrogen-bond acceptors (Lipinski definition) is 4. The van der Waals surface area contributed by atoms with E-state index in [0.29, 0.717) is 24.3 Å². The molecule has 0 spiro atoms. The molecule has 0 radical (unpaired) electrons. The first-order valence-corrected chi connectivity index (χ1v) is 9.31. The summed E-state index contributed by atoms with van der Waals surface area (Å²) < 4.78 is 17.2. The SMILES string of the molecule is CC[C@@H](Oc1cccc(OC)c1)C(=O)N[C@H]1CC(C)(C)Oc2ccccc21. The minimum atomic E-state index is -0.574. The molecule has 144 valence electrons. The van der Waals surface area contributed by atoms with Crippen molar-refractivity contribution in [1.82, 2.24) is 5.32 Å². The van der Waals surface area contributed by atoms with Gasteiger partial charge in [-0.25, -0.2) is 0 Å². The van der Waals surface area contributed by atoms with Crippen LogP contribution in [0.5, 0.6) is 17.2 Å². The maximum atomic E-state index is 12.9. The lowest BCUT2D eigenvalue weighted by Gasteiger charge is -2.38. The van der Waals surface area contributed by atoms with E-state index < -0.39 is 6.10 Å². The quantitative estimate of drug-likeness (QED) is 0.826. The van der Waals surface area contributed by atoms with Crippen LogP contribution in [0.2, 0.25) is 0 Å². The van der Waals surface area contributed by atoms with Crippen LogP contribution in [0.25, 0.3) is 0 Å². The molecule has 3 rings (SSSR count). The maximum absolute atomic E-state index is 12.9. The van der Waals surface area contributed by atoms with Crippen molar-refractivity contribution in [2.24, 2.45) is 0 Å². The predicted molar refractivity (Wildman–Crippen MR) is 104 cm³/mol. The van der Waals surface area contributed by atoms with Gasteiger partial charge in [-0.05, 0) is 38.5 Å². The Morgan fingerprint density at radius 2 is 1.96 bits per heavy atom. The number of nitrogens with one attached hydrogen (secondary N) is 1. The first-order valence-electron chi connectivity index (χ1n) is 9.31. The van der Waals surface area contributed by atoms with Crippen molar-refractivity contribution in [2.75, 3.05) is 7.11 Å². The Balaban J connectivity index is 1.74. The number of carbonyl (C=O) groups is 1. The number of hydrogen-bond donors (Lipinski definition) is 1. The molecule has 1 N–H and O–H groups in total. The number of fused-ring (bicyclic) bond motifs is 1. The number of para-hydroxylation sites is 1. The number of amides is 1. The van der Waals surface area contributed by atoms with Crippen molar-refractivity contribution in [2.45, 2.75) is 51.4 Å². The molecule has 5 heteroatoms. The zero-order chi connectivity index (χ0) is 19.4. The Labute approximate surface area is 160 Å². The highest BCUT2D eigenvalue weighted by Gasteiger charge is 2.35. The Morgan fingerprint density at radius 1 is 1.22 bits per heavy atom. The van der Waals surface area contributed by atoms with E-state index in [1.807, 2.05) is 63.2 Å².